The molecule has 1 unspecified atom stereocenters. The first kappa shape index (κ1) is 72.1. The van der Waals surface area contributed by atoms with E-state index in [1.165, 1.54) is 128 Å². The van der Waals surface area contributed by atoms with Crippen molar-refractivity contribution < 1.29 is 28.6 Å². The van der Waals surface area contributed by atoms with Crippen LogP contribution in [0, 0.1) is 0 Å². The quantitative estimate of drug-likeness (QED) is 0.0261. The van der Waals surface area contributed by atoms with Gasteiger partial charge in [-0.25, -0.2) is 0 Å². The molecule has 0 heterocycles. The van der Waals surface area contributed by atoms with Crippen molar-refractivity contribution >= 4 is 17.9 Å². The topological polar surface area (TPSA) is 78.9 Å². The molecule has 0 radical (unpaired) electrons. The normalized spacial score (nSPS) is 12.8. The van der Waals surface area contributed by atoms with Gasteiger partial charge >= 0.3 is 17.9 Å². The fourth-order valence-corrected chi connectivity index (χ4v) is 8.71. The summed E-state index contributed by atoms with van der Waals surface area (Å²) in [5.41, 5.74) is 0. The zero-order valence-electron chi connectivity index (χ0n) is 49.7. The van der Waals surface area contributed by atoms with Crippen molar-refractivity contribution in [1.29, 1.82) is 0 Å². The summed E-state index contributed by atoms with van der Waals surface area (Å²) in [6.07, 6.45) is 86.6. The maximum atomic E-state index is 12.9. The van der Waals surface area contributed by atoms with E-state index >= 15 is 0 Å². The van der Waals surface area contributed by atoms with Gasteiger partial charge in [0, 0.05) is 19.3 Å². The first-order chi connectivity index (χ1) is 37.5. The second-order valence-electron chi connectivity index (χ2n) is 20.9. The van der Waals surface area contributed by atoms with E-state index in [2.05, 4.69) is 130 Å². The molecule has 0 aliphatic rings. The van der Waals surface area contributed by atoms with Gasteiger partial charge in [-0.3, -0.25) is 14.4 Å². The van der Waals surface area contributed by atoms with Gasteiger partial charge in [-0.15, -0.1) is 0 Å². The summed E-state index contributed by atoms with van der Waals surface area (Å²) in [7, 11) is 0. The van der Waals surface area contributed by atoms with Crippen molar-refractivity contribution in [2.24, 2.45) is 0 Å². The molecule has 76 heavy (non-hydrogen) atoms. The van der Waals surface area contributed by atoms with E-state index in [1.54, 1.807) is 0 Å². The van der Waals surface area contributed by atoms with Crippen LogP contribution in [-0.4, -0.2) is 37.2 Å². The average molecular weight is 1060 g/mol. The van der Waals surface area contributed by atoms with Crippen molar-refractivity contribution in [2.45, 2.75) is 303 Å². The van der Waals surface area contributed by atoms with Gasteiger partial charge in [-0.2, -0.15) is 0 Å². The summed E-state index contributed by atoms with van der Waals surface area (Å²) in [6, 6.07) is 0. The van der Waals surface area contributed by atoms with Crippen LogP contribution in [-0.2, 0) is 28.6 Å². The highest BCUT2D eigenvalue weighted by molar-refractivity contribution is 5.71. The van der Waals surface area contributed by atoms with Crippen LogP contribution < -0.4 is 0 Å². The number of hydrogen-bond acceptors (Lipinski definition) is 6. The second-order valence-corrected chi connectivity index (χ2v) is 20.9. The van der Waals surface area contributed by atoms with Crippen LogP contribution in [0.25, 0.3) is 0 Å². The maximum Gasteiger partial charge on any atom is 0.306 e. The Hall–Kier alpha value is -3.93. The number of unbranched alkanes of at least 4 members (excludes halogenated alkanes) is 28. The lowest BCUT2D eigenvalue weighted by molar-refractivity contribution is -0.167. The van der Waals surface area contributed by atoms with Crippen molar-refractivity contribution in [3.63, 3.8) is 0 Å². The fourth-order valence-electron chi connectivity index (χ4n) is 8.71. The molecule has 0 fully saturated rings. The largest absolute Gasteiger partial charge is 0.462 e. The third-order valence-electron chi connectivity index (χ3n) is 13.5. The molecule has 1 atom stereocenters. The molecule has 0 spiro atoms. The molecule has 0 aromatic heterocycles. The molecule has 0 aromatic rings. The summed E-state index contributed by atoms with van der Waals surface area (Å²) in [6.45, 7) is 6.48. The van der Waals surface area contributed by atoms with Gasteiger partial charge in [0.25, 0.3) is 0 Å². The lowest BCUT2D eigenvalue weighted by Crippen LogP contribution is -2.30. The number of esters is 3. The Morgan fingerprint density at radius 1 is 0.276 bits per heavy atom. The van der Waals surface area contributed by atoms with Gasteiger partial charge in [-0.05, 0) is 128 Å². The van der Waals surface area contributed by atoms with Gasteiger partial charge in [0.1, 0.15) is 13.2 Å². The van der Waals surface area contributed by atoms with Crippen LogP contribution in [0.4, 0.5) is 0 Å². The predicted octanol–water partition coefficient (Wildman–Crippen LogP) is 21.8. The Bertz CT molecular complexity index is 1540. The molecule has 0 bridgehead atoms. The van der Waals surface area contributed by atoms with Crippen LogP contribution in [0.2, 0.25) is 0 Å². The lowest BCUT2D eigenvalue weighted by atomic mass is 10.1. The molecule has 0 rings (SSSR count). The molecular weight excluding hydrogens is 937 g/mol. The van der Waals surface area contributed by atoms with Gasteiger partial charge in [-0.1, -0.05) is 259 Å². The minimum absolute atomic E-state index is 0.0886. The second kappa shape index (κ2) is 63.6. The lowest BCUT2D eigenvalue weighted by Gasteiger charge is -2.18. The highest BCUT2D eigenvalue weighted by Crippen LogP contribution is 2.15. The minimum atomic E-state index is -0.792. The highest BCUT2D eigenvalue weighted by atomic mass is 16.6. The molecule has 0 saturated heterocycles. The monoisotopic (exact) mass is 1050 g/mol. The standard InChI is InChI=1S/C70H118O6/c1-4-7-10-13-16-19-22-25-28-29-30-31-32-33-34-35-36-37-38-39-40-41-43-45-48-51-54-57-60-63-69(72)75-66-67(65-74-68(71)62-59-56-53-50-47-44-27-24-21-18-15-12-9-6-3)76-70(73)64-61-58-55-52-49-46-42-26-23-20-17-14-11-8-5-2/h7,10,16-17,19-20,24-28,30-31,33-34,36-37,42,67H,4-6,8-9,11-15,18,21-23,29,32,35,38-41,43-66H2,1-3H3/b10-7-,19-16-,20-17-,27-24-,28-25-,31-30-,34-33-,37-36-,42-26-. The first-order valence-electron chi connectivity index (χ1n) is 31.9. The summed E-state index contributed by atoms with van der Waals surface area (Å²) >= 11 is 0. The van der Waals surface area contributed by atoms with Crippen LogP contribution in [0.1, 0.15) is 297 Å². The van der Waals surface area contributed by atoms with Gasteiger partial charge in [0.15, 0.2) is 6.10 Å². The predicted molar refractivity (Wildman–Crippen MR) is 330 cm³/mol. The van der Waals surface area contributed by atoms with Crippen LogP contribution in [0.15, 0.2) is 109 Å². The number of hydrogen-bond donors (Lipinski definition) is 0. The zero-order valence-corrected chi connectivity index (χ0v) is 49.7. The van der Waals surface area contributed by atoms with Crippen LogP contribution >= 0.6 is 0 Å². The Balaban J connectivity index is 4.30. The summed E-state index contributed by atoms with van der Waals surface area (Å²) in [5, 5.41) is 0. The number of allylic oxidation sites excluding steroid dienone is 18. The van der Waals surface area contributed by atoms with Crippen molar-refractivity contribution in [1.82, 2.24) is 0 Å². The van der Waals surface area contributed by atoms with E-state index in [4.69, 9.17) is 14.2 Å². The Labute approximate surface area is 470 Å². The Morgan fingerprint density at radius 2 is 0.513 bits per heavy atom. The summed E-state index contributed by atoms with van der Waals surface area (Å²) < 4.78 is 16.9. The van der Waals surface area contributed by atoms with Crippen LogP contribution in [0.3, 0.4) is 0 Å². The van der Waals surface area contributed by atoms with Crippen molar-refractivity contribution in [2.75, 3.05) is 13.2 Å². The van der Waals surface area contributed by atoms with E-state index in [9.17, 15) is 14.4 Å². The molecule has 0 aliphatic heterocycles. The number of carbonyl (C=O) groups is 3. The molecule has 0 aliphatic carbocycles. The summed E-state index contributed by atoms with van der Waals surface area (Å²) in [5.74, 6) is -0.909. The number of rotatable bonds is 57. The third-order valence-corrected chi connectivity index (χ3v) is 13.5. The van der Waals surface area contributed by atoms with E-state index in [0.717, 1.165) is 128 Å². The minimum Gasteiger partial charge on any atom is -0.462 e. The SMILES string of the molecule is CC/C=C\C/C=C\C/C=C\C/C=C\C/C=C\C/C=C\CCCCCCCCCCCCC(=O)OCC(COC(=O)CCCCCCC/C=C\CCCCCCC)OC(=O)CCCCCCC/C=C\C/C=C\CCCCC. The fraction of sp³-hybridized carbons (Fsp3) is 0.700. The molecular formula is C70H118O6. The van der Waals surface area contributed by atoms with Gasteiger partial charge < -0.3 is 14.2 Å². The average Bonchev–Trinajstić information content (AvgIpc) is 3.42. The molecule has 0 aromatic carbocycles. The van der Waals surface area contributed by atoms with Crippen molar-refractivity contribution in [3.05, 3.63) is 109 Å². The molecule has 6 nitrogen and oxygen atoms in total. The van der Waals surface area contributed by atoms with E-state index in [0.29, 0.717) is 19.3 Å². The summed E-state index contributed by atoms with van der Waals surface area (Å²) in [4.78, 5) is 38.3. The molecule has 0 N–H and O–H groups in total. The van der Waals surface area contributed by atoms with E-state index < -0.39 is 6.10 Å². The van der Waals surface area contributed by atoms with Gasteiger partial charge in [0.05, 0.1) is 0 Å². The molecule has 0 amide bonds. The molecule has 6 heteroatoms. The van der Waals surface area contributed by atoms with Gasteiger partial charge in [0.2, 0.25) is 0 Å². The maximum absolute atomic E-state index is 12.9. The van der Waals surface area contributed by atoms with E-state index in [1.807, 2.05) is 0 Å². The molecule has 0 saturated carbocycles. The van der Waals surface area contributed by atoms with Crippen LogP contribution in [0.5, 0.6) is 0 Å². The van der Waals surface area contributed by atoms with Crippen molar-refractivity contribution in [3.8, 4) is 0 Å². The highest BCUT2D eigenvalue weighted by Gasteiger charge is 2.19. The number of ether oxygens (including phenoxy) is 3. The Kier molecular flexibility index (Phi) is 60.3. The smallest absolute Gasteiger partial charge is 0.306 e. The third kappa shape index (κ3) is 60.9. The van der Waals surface area contributed by atoms with E-state index in [-0.39, 0.29) is 31.1 Å². The number of carbonyl (C=O) groups excluding carboxylic acids is 3. The first-order valence-corrected chi connectivity index (χ1v) is 31.9. The Morgan fingerprint density at radius 3 is 0.842 bits per heavy atom. The zero-order chi connectivity index (χ0) is 55.0. The molecule has 434 valence electrons.